The zero-order chi connectivity index (χ0) is 18.7. The molecule has 0 saturated heterocycles. The number of carbonyl (C=O) groups excluding carboxylic acids is 1. The Labute approximate surface area is 149 Å². The molecule has 1 aromatic rings. The summed E-state index contributed by atoms with van der Waals surface area (Å²) in [6.45, 7) is -0.505. The first-order chi connectivity index (χ1) is 12.2. The lowest BCUT2D eigenvalue weighted by Crippen LogP contribution is -2.41. The van der Waals surface area contributed by atoms with Crippen molar-refractivity contribution in [1.82, 2.24) is 4.31 Å². The quantitative estimate of drug-likeness (QED) is 0.798. The average molecular weight is 385 g/mol. The molecule has 4 atom stereocenters. The fourth-order valence-corrected chi connectivity index (χ4v) is 5.76. The van der Waals surface area contributed by atoms with Gasteiger partial charge in [-0.3, -0.25) is 9.10 Å². The Hall–Kier alpha value is -1.83. The number of allylic oxidation sites excluding steroid dienone is 2. The molecular formula is C18H18F3NO3S. The number of Topliss-reactive ketones (excluding diaryl/α,β-unsaturated/α-hetero) is 1. The number of halogens is 3. The number of nitrogens with zero attached hydrogens (tertiary/aromatic N) is 1. The second-order valence-electron chi connectivity index (χ2n) is 7.30. The van der Waals surface area contributed by atoms with Crippen molar-refractivity contribution in [2.24, 2.45) is 23.7 Å². The van der Waals surface area contributed by atoms with E-state index in [0.717, 1.165) is 19.3 Å². The Morgan fingerprint density at radius 3 is 2.35 bits per heavy atom. The van der Waals surface area contributed by atoms with Crippen molar-refractivity contribution in [2.45, 2.75) is 31.3 Å². The molecule has 4 nitrogen and oxygen atoms in total. The van der Waals surface area contributed by atoms with Gasteiger partial charge in [0.1, 0.15) is 0 Å². The van der Waals surface area contributed by atoms with Gasteiger partial charge in [0.25, 0.3) is 0 Å². The lowest BCUT2D eigenvalue weighted by molar-refractivity contribution is -0.121. The molecule has 0 aliphatic heterocycles. The predicted molar refractivity (Wildman–Crippen MR) is 87.9 cm³/mol. The number of rotatable bonds is 4. The van der Waals surface area contributed by atoms with Gasteiger partial charge in [-0.15, -0.1) is 0 Å². The maximum Gasteiger partial charge on any atom is 0.516 e. The Kier molecular flexibility index (Phi) is 3.95. The summed E-state index contributed by atoms with van der Waals surface area (Å²) >= 11 is 0. The van der Waals surface area contributed by atoms with Crippen molar-refractivity contribution in [3.63, 3.8) is 0 Å². The highest BCUT2D eigenvalue weighted by Crippen LogP contribution is 2.57. The van der Waals surface area contributed by atoms with Crippen LogP contribution in [0.15, 0.2) is 42.1 Å². The third-order valence-electron chi connectivity index (χ3n) is 5.91. The van der Waals surface area contributed by atoms with Gasteiger partial charge >= 0.3 is 15.5 Å². The Balaban J connectivity index is 1.74. The summed E-state index contributed by atoms with van der Waals surface area (Å²) in [5.74, 6) is -0.494. The van der Waals surface area contributed by atoms with Crippen molar-refractivity contribution in [1.29, 1.82) is 0 Å². The normalized spacial score (nSPS) is 30.4. The van der Waals surface area contributed by atoms with Gasteiger partial charge in [0.2, 0.25) is 0 Å². The van der Waals surface area contributed by atoms with E-state index in [2.05, 4.69) is 0 Å². The lowest BCUT2D eigenvalue weighted by Gasteiger charge is -2.27. The fourth-order valence-electron chi connectivity index (χ4n) is 4.78. The second kappa shape index (κ2) is 5.84. The third kappa shape index (κ3) is 2.57. The number of carbonyl (C=O) groups is 1. The van der Waals surface area contributed by atoms with Crippen LogP contribution in [0.25, 0.3) is 0 Å². The molecule has 140 valence electrons. The van der Waals surface area contributed by atoms with Crippen LogP contribution in [0.5, 0.6) is 0 Å². The smallest absolute Gasteiger partial charge is 0.292 e. The van der Waals surface area contributed by atoms with E-state index in [1.807, 2.05) is 0 Å². The van der Waals surface area contributed by atoms with Crippen LogP contribution < -0.4 is 0 Å². The van der Waals surface area contributed by atoms with Gasteiger partial charge in [-0.25, -0.2) is 0 Å². The number of ketones is 1. The van der Waals surface area contributed by atoms with Gasteiger partial charge in [0.15, 0.2) is 5.78 Å². The molecular weight excluding hydrogens is 367 g/mol. The molecule has 1 aromatic carbocycles. The second-order valence-corrected chi connectivity index (χ2v) is 9.15. The minimum absolute atomic E-state index is 0.127. The molecule has 3 aliphatic carbocycles. The van der Waals surface area contributed by atoms with E-state index in [1.54, 1.807) is 30.3 Å². The molecule has 8 heteroatoms. The summed E-state index contributed by atoms with van der Waals surface area (Å²) < 4.78 is 64.4. The molecule has 2 fully saturated rings. The van der Waals surface area contributed by atoms with E-state index >= 15 is 0 Å². The fraction of sp³-hybridized carbons (Fsp3) is 0.500. The highest BCUT2D eigenvalue weighted by Gasteiger charge is 2.58. The molecule has 0 radical (unpaired) electrons. The Bertz CT molecular complexity index is 863. The number of alkyl halides is 3. The number of sulfonamides is 1. The van der Waals surface area contributed by atoms with E-state index in [4.69, 9.17) is 0 Å². The SMILES string of the molecule is O=C1C(N(Cc2ccccc2)S(=O)(=O)C(F)(F)F)=C[C@@H]2[C@H]3CC[C@H](C3)[C@H]12. The molecule has 2 bridgehead atoms. The number of hydrogen-bond acceptors (Lipinski definition) is 3. The number of fused-ring (bicyclic) bond motifs is 5. The molecule has 0 spiro atoms. The molecule has 0 unspecified atom stereocenters. The molecule has 2 saturated carbocycles. The summed E-state index contributed by atoms with van der Waals surface area (Å²) in [6, 6.07) is 8.02. The summed E-state index contributed by atoms with van der Waals surface area (Å²) in [4.78, 5) is 12.8. The highest BCUT2D eigenvalue weighted by atomic mass is 32.2. The molecule has 0 amide bonds. The first kappa shape index (κ1) is 17.6. The zero-order valence-electron chi connectivity index (χ0n) is 13.8. The Morgan fingerprint density at radius 2 is 1.73 bits per heavy atom. The zero-order valence-corrected chi connectivity index (χ0v) is 14.6. The van der Waals surface area contributed by atoms with Crippen LogP contribution in [0, 0.1) is 23.7 Å². The Morgan fingerprint density at radius 1 is 1.08 bits per heavy atom. The largest absolute Gasteiger partial charge is 0.516 e. The molecule has 0 heterocycles. The van der Waals surface area contributed by atoms with Gasteiger partial charge in [-0.05, 0) is 42.6 Å². The summed E-state index contributed by atoms with van der Waals surface area (Å²) in [6.07, 6.45) is 4.25. The van der Waals surface area contributed by atoms with Gasteiger partial charge in [-0.1, -0.05) is 36.4 Å². The monoisotopic (exact) mass is 385 g/mol. The van der Waals surface area contributed by atoms with Gasteiger partial charge < -0.3 is 0 Å². The van der Waals surface area contributed by atoms with Crippen LogP contribution in [0.4, 0.5) is 13.2 Å². The summed E-state index contributed by atoms with van der Waals surface area (Å²) in [5.41, 5.74) is -5.37. The van der Waals surface area contributed by atoms with Crippen molar-refractivity contribution in [2.75, 3.05) is 0 Å². The van der Waals surface area contributed by atoms with E-state index in [-0.39, 0.29) is 33.7 Å². The van der Waals surface area contributed by atoms with Crippen LogP contribution >= 0.6 is 0 Å². The van der Waals surface area contributed by atoms with Crippen molar-refractivity contribution in [3.05, 3.63) is 47.7 Å². The summed E-state index contributed by atoms with van der Waals surface area (Å²) in [5, 5.41) is 0. The van der Waals surface area contributed by atoms with Crippen molar-refractivity contribution < 1.29 is 26.4 Å². The average Bonchev–Trinajstić information content (AvgIpc) is 3.26. The predicted octanol–water partition coefficient (Wildman–Crippen LogP) is 3.47. The van der Waals surface area contributed by atoms with Crippen LogP contribution in [0.2, 0.25) is 0 Å². The van der Waals surface area contributed by atoms with Gasteiger partial charge in [0.05, 0.1) is 12.2 Å². The molecule has 0 aromatic heterocycles. The van der Waals surface area contributed by atoms with Crippen LogP contribution in [0.1, 0.15) is 24.8 Å². The van der Waals surface area contributed by atoms with Crippen molar-refractivity contribution >= 4 is 15.8 Å². The van der Waals surface area contributed by atoms with Crippen LogP contribution in [-0.2, 0) is 21.4 Å². The summed E-state index contributed by atoms with van der Waals surface area (Å²) in [7, 11) is -5.65. The lowest BCUT2D eigenvalue weighted by atomic mass is 9.81. The minimum atomic E-state index is -5.65. The number of hydrogen-bond donors (Lipinski definition) is 0. The van der Waals surface area contributed by atoms with Crippen LogP contribution in [-0.4, -0.2) is 24.0 Å². The minimum Gasteiger partial charge on any atom is -0.292 e. The maximum absolute atomic E-state index is 13.3. The van der Waals surface area contributed by atoms with E-state index < -0.39 is 27.9 Å². The first-order valence-corrected chi connectivity index (χ1v) is 10.0. The van der Waals surface area contributed by atoms with Gasteiger partial charge in [-0.2, -0.15) is 21.6 Å². The molecule has 0 N–H and O–H groups in total. The van der Waals surface area contributed by atoms with E-state index in [1.165, 1.54) is 6.08 Å². The van der Waals surface area contributed by atoms with Gasteiger partial charge in [0, 0.05) is 5.92 Å². The van der Waals surface area contributed by atoms with Crippen molar-refractivity contribution in [3.8, 4) is 0 Å². The van der Waals surface area contributed by atoms with Crippen LogP contribution in [0.3, 0.4) is 0 Å². The standard InChI is InChI=1S/C18H18F3NO3S/c19-18(20,21)26(24,25)22(10-11-4-2-1-3-5-11)15-9-14-12-6-7-13(8-12)16(14)17(15)23/h1-5,9,12-14,16H,6-8,10H2/t12-,13+,14+,16-/m0/s1. The molecule has 26 heavy (non-hydrogen) atoms. The first-order valence-electron chi connectivity index (χ1n) is 8.59. The van der Waals surface area contributed by atoms with E-state index in [0.29, 0.717) is 5.56 Å². The molecule has 3 aliphatic rings. The maximum atomic E-state index is 13.3. The highest BCUT2D eigenvalue weighted by molar-refractivity contribution is 7.90. The molecule has 4 rings (SSSR count). The number of benzene rings is 1. The van der Waals surface area contributed by atoms with E-state index in [9.17, 15) is 26.4 Å². The topological polar surface area (TPSA) is 54.5 Å². The third-order valence-corrected chi connectivity index (χ3v) is 7.40.